The molecule has 138 valence electrons. The number of hydrogen-bond acceptors (Lipinski definition) is 4. The minimum Gasteiger partial charge on any atom is -0.339 e. The number of carbonyl (C=O) groups is 1. The Labute approximate surface area is 160 Å². The molecule has 1 amide bonds. The predicted molar refractivity (Wildman–Crippen MR) is 108 cm³/mol. The number of amides is 1. The van der Waals surface area contributed by atoms with E-state index in [1.54, 1.807) is 18.1 Å². The van der Waals surface area contributed by atoms with E-state index >= 15 is 0 Å². The summed E-state index contributed by atoms with van der Waals surface area (Å²) in [5.74, 6) is 0.476. The van der Waals surface area contributed by atoms with Gasteiger partial charge in [-0.1, -0.05) is 55.5 Å². The van der Waals surface area contributed by atoms with Gasteiger partial charge in [0, 0.05) is 19.3 Å². The number of benzene rings is 2. The highest BCUT2D eigenvalue weighted by atomic mass is 16.2. The zero-order valence-electron chi connectivity index (χ0n) is 15.9. The molecule has 5 nitrogen and oxygen atoms in total. The SMILES string of the molecule is CCc1cccc(C)c1Nc1cnc(C(=O)N(C)Cc2ccccc2)cn1. The van der Waals surface area contributed by atoms with Gasteiger partial charge >= 0.3 is 0 Å². The summed E-state index contributed by atoms with van der Waals surface area (Å²) >= 11 is 0. The maximum absolute atomic E-state index is 12.6. The molecule has 1 N–H and O–H groups in total. The summed E-state index contributed by atoms with van der Waals surface area (Å²) in [6, 6.07) is 16.1. The first kappa shape index (κ1) is 18.6. The van der Waals surface area contributed by atoms with Gasteiger partial charge in [0.2, 0.25) is 0 Å². The molecule has 0 fully saturated rings. The van der Waals surface area contributed by atoms with Gasteiger partial charge in [-0.25, -0.2) is 9.97 Å². The Morgan fingerprint density at radius 1 is 1.04 bits per heavy atom. The van der Waals surface area contributed by atoms with Crippen LogP contribution in [0.25, 0.3) is 0 Å². The maximum atomic E-state index is 12.6. The number of carbonyl (C=O) groups excluding carboxylic acids is 1. The van der Waals surface area contributed by atoms with Crippen molar-refractivity contribution in [2.24, 2.45) is 0 Å². The molecular formula is C22H24N4O. The first-order valence-electron chi connectivity index (χ1n) is 9.05. The van der Waals surface area contributed by atoms with Gasteiger partial charge in [0.05, 0.1) is 12.4 Å². The number of nitrogens with zero attached hydrogens (tertiary/aromatic N) is 3. The summed E-state index contributed by atoms with van der Waals surface area (Å²) < 4.78 is 0. The largest absolute Gasteiger partial charge is 0.339 e. The van der Waals surface area contributed by atoms with Crippen LogP contribution in [-0.2, 0) is 13.0 Å². The number of nitrogens with one attached hydrogen (secondary N) is 1. The van der Waals surface area contributed by atoms with Crippen LogP contribution < -0.4 is 5.32 Å². The van der Waals surface area contributed by atoms with Crippen LogP contribution in [0, 0.1) is 6.92 Å². The molecule has 1 aromatic heterocycles. The Bertz CT molecular complexity index is 907. The molecule has 3 aromatic rings. The van der Waals surface area contributed by atoms with E-state index in [4.69, 9.17) is 0 Å². The number of rotatable bonds is 6. The third-order valence-electron chi connectivity index (χ3n) is 4.47. The second-order valence-electron chi connectivity index (χ2n) is 6.52. The number of aromatic nitrogens is 2. The van der Waals surface area contributed by atoms with Crippen LogP contribution in [0.4, 0.5) is 11.5 Å². The lowest BCUT2D eigenvalue weighted by Gasteiger charge is -2.17. The van der Waals surface area contributed by atoms with Gasteiger partial charge in [0.15, 0.2) is 0 Å². The molecule has 3 rings (SSSR count). The Balaban J connectivity index is 1.71. The topological polar surface area (TPSA) is 58.1 Å². The van der Waals surface area contributed by atoms with E-state index in [1.807, 2.05) is 30.3 Å². The number of hydrogen-bond donors (Lipinski definition) is 1. The van der Waals surface area contributed by atoms with Gasteiger partial charge in [-0.2, -0.15) is 0 Å². The van der Waals surface area contributed by atoms with Crippen LogP contribution in [0.5, 0.6) is 0 Å². The van der Waals surface area contributed by atoms with Crippen molar-refractivity contribution in [2.45, 2.75) is 26.8 Å². The summed E-state index contributed by atoms with van der Waals surface area (Å²) in [5.41, 5.74) is 4.83. The Morgan fingerprint density at radius 3 is 2.48 bits per heavy atom. The molecule has 2 aromatic carbocycles. The highest BCUT2D eigenvalue weighted by Crippen LogP contribution is 2.24. The second-order valence-corrected chi connectivity index (χ2v) is 6.52. The molecule has 0 spiro atoms. The van der Waals surface area contributed by atoms with Gasteiger partial charge in [0.25, 0.3) is 5.91 Å². The van der Waals surface area contributed by atoms with Gasteiger partial charge in [-0.15, -0.1) is 0 Å². The van der Waals surface area contributed by atoms with Crippen LogP contribution in [-0.4, -0.2) is 27.8 Å². The van der Waals surface area contributed by atoms with E-state index in [0.29, 0.717) is 18.1 Å². The highest BCUT2D eigenvalue weighted by molar-refractivity contribution is 5.91. The van der Waals surface area contributed by atoms with Gasteiger partial charge < -0.3 is 10.2 Å². The number of anilines is 2. The Kier molecular flexibility index (Phi) is 5.81. The zero-order valence-corrected chi connectivity index (χ0v) is 15.9. The van der Waals surface area contributed by atoms with E-state index in [0.717, 1.165) is 23.2 Å². The van der Waals surface area contributed by atoms with Crippen LogP contribution in [0.15, 0.2) is 60.9 Å². The molecule has 0 aliphatic heterocycles. The zero-order chi connectivity index (χ0) is 19.2. The number of para-hydroxylation sites is 1. The van der Waals surface area contributed by atoms with Crippen LogP contribution in [0.3, 0.4) is 0 Å². The van der Waals surface area contributed by atoms with Crippen LogP contribution in [0.2, 0.25) is 0 Å². The lowest BCUT2D eigenvalue weighted by Crippen LogP contribution is -2.27. The molecule has 27 heavy (non-hydrogen) atoms. The second kappa shape index (κ2) is 8.45. The van der Waals surface area contributed by atoms with Crippen molar-refractivity contribution in [3.05, 3.63) is 83.3 Å². The summed E-state index contributed by atoms with van der Waals surface area (Å²) in [5, 5.41) is 3.33. The number of aryl methyl sites for hydroxylation is 2. The summed E-state index contributed by atoms with van der Waals surface area (Å²) in [6.07, 6.45) is 4.06. The van der Waals surface area contributed by atoms with Crippen molar-refractivity contribution in [3.63, 3.8) is 0 Å². The monoisotopic (exact) mass is 360 g/mol. The lowest BCUT2D eigenvalue weighted by molar-refractivity contribution is 0.0779. The normalized spacial score (nSPS) is 10.5. The quantitative estimate of drug-likeness (QED) is 0.709. The predicted octanol–water partition coefficient (Wildman–Crippen LogP) is 4.36. The van der Waals surface area contributed by atoms with Crippen molar-refractivity contribution >= 4 is 17.4 Å². The molecule has 0 radical (unpaired) electrons. The minimum atomic E-state index is -0.150. The molecule has 1 heterocycles. The molecule has 5 heteroatoms. The van der Waals surface area contributed by atoms with E-state index in [-0.39, 0.29) is 5.91 Å². The smallest absolute Gasteiger partial charge is 0.274 e. The molecule has 0 atom stereocenters. The van der Waals surface area contributed by atoms with Crippen LogP contribution >= 0.6 is 0 Å². The summed E-state index contributed by atoms with van der Waals surface area (Å²) in [6.45, 7) is 4.71. The van der Waals surface area contributed by atoms with E-state index in [1.165, 1.54) is 11.8 Å². The standard InChI is InChI=1S/C22H24N4O/c1-4-18-12-8-9-16(2)21(18)25-20-14-23-19(13-24-20)22(27)26(3)15-17-10-6-5-7-11-17/h5-14H,4,15H2,1-3H3,(H,24,25). The average molecular weight is 360 g/mol. The van der Waals surface area contributed by atoms with Gasteiger partial charge in [-0.05, 0) is 30.0 Å². The fourth-order valence-electron chi connectivity index (χ4n) is 2.96. The summed E-state index contributed by atoms with van der Waals surface area (Å²) in [4.78, 5) is 22.9. The minimum absolute atomic E-state index is 0.150. The molecule has 0 aliphatic carbocycles. The van der Waals surface area contributed by atoms with E-state index in [2.05, 4.69) is 47.3 Å². The maximum Gasteiger partial charge on any atom is 0.274 e. The molecule has 0 bridgehead atoms. The Morgan fingerprint density at radius 2 is 1.81 bits per heavy atom. The van der Waals surface area contributed by atoms with Gasteiger partial charge in [-0.3, -0.25) is 4.79 Å². The van der Waals surface area contributed by atoms with Crippen molar-refractivity contribution < 1.29 is 4.79 Å². The van der Waals surface area contributed by atoms with E-state index < -0.39 is 0 Å². The lowest BCUT2D eigenvalue weighted by atomic mass is 10.1. The van der Waals surface area contributed by atoms with Crippen molar-refractivity contribution in [1.82, 2.24) is 14.9 Å². The average Bonchev–Trinajstić information content (AvgIpc) is 2.70. The van der Waals surface area contributed by atoms with E-state index in [9.17, 15) is 4.79 Å². The highest BCUT2D eigenvalue weighted by Gasteiger charge is 2.14. The third-order valence-corrected chi connectivity index (χ3v) is 4.47. The molecule has 0 aliphatic rings. The fourth-order valence-corrected chi connectivity index (χ4v) is 2.96. The van der Waals surface area contributed by atoms with Gasteiger partial charge in [0.1, 0.15) is 11.5 Å². The Hall–Kier alpha value is -3.21. The first-order valence-corrected chi connectivity index (χ1v) is 9.05. The summed E-state index contributed by atoms with van der Waals surface area (Å²) in [7, 11) is 1.77. The van der Waals surface area contributed by atoms with Crippen molar-refractivity contribution in [3.8, 4) is 0 Å². The molecule has 0 unspecified atom stereocenters. The van der Waals surface area contributed by atoms with Crippen molar-refractivity contribution in [1.29, 1.82) is 0 Å². The molecule has 0 saturated carbocycles. The van der Waals surface area contributed by atoms with Crippen LogP contribution in [0.1, 0.15) is 34.1 Å². The first-order chi connectivity index (χ1) is 13.1. The third kappa shape index (κ3) is 4.50. The van der Waals surface area contributed by atoms with Crippen molar-refractivity contribution in [2.75, 3.05) is 12.4 Å². The molecule has 0 saturated heterocycles. The fraction of sp³-hybridized carbons (Fsp3) is 0.227. The molecular weight excluding hydrogens is 336 g/mol.